The van der Waals surface area contributed by atoms with Crippen molar-refractivity contribution in [3.63, 3.8) is 0 Å². The van der Waals surface area contributed by atoms with E-state index in [0.717, 1.165) is 30.5 Å². The van der Waals surface area contributed by atoms with E-state index in [0.29, 0.717) is 6.54 Å². The summed E-state index contributed by atoms with van der Waals surface area (Å²) in [5.74, 6) is 1.39. The molecule has 2 heterocycles. The van der Waals surface area contributed by atoms with Crippen molar-refractivity contribution in [3.05, 3.63) is 24.0 Å². The molecule has 1 aliphatic heterocycles. The smallest absolute Gasteiger partial charge is 0.244 e. The van der Waals surface area contributed by atoms with Crippen LogP contribution in [0.3, 0.4) is 0 Å². The molecule has 5 heteroatoms. The average Bonchev–Trinajstić information content (AvgIpc) is 2.88. The molecule has 0 bridgehead atoms. The molecule has 1 N–H and O–H groups in total. The lowest BCUT2D eigenvalue weighted by atomic mass is 9.88. The number of carbonyl (C=O) groups is 1. The van der Waals surface area contributed by atoms with E-state index in [1.807, 2.05) is 13.2 Å². The zero-order valence-corrected chi connectivity index (χ0v) is 15.0. The number of amides is 1. The van der Waals surface area contributed by atoms with Crippen LogP contribution in [0.25, 0.3) is 6.08 Å². The lowest BCUT2D eigenvalue weighted by molar-refractivity contribution is -0.117. The Balaban J connectivity index is 1.85. The summed E-state index contributed by atoms with van der Waals surface area (Å²) in [5.41, 5.74) is 0.904. The first kappa shape index (κ1) is 17.7. The van der Waals surface area contributed by atoms with Gasteiger partial charge in [0.15, 0.2) is 0 Å². The molecule has 23 heavy (non-hydrogen) atoms. The van der Waals surface area contributed by atoms with Crippen LogP contribution in [0.5, 0.6) is 0 Å². The molecule has 0 aromatic carbocycles. The monoisotopic (exact) mass is 318 g/mol. The minimum absolute atomic E-state index is 0.0270. The lowest BCUT2D eigenvalue weighted by Crippen LogP contribution is -2.56. The molecular weight excluding hydrogens is 288 g/mol. The van der Waals surface area contributed by atoms with Crippen LogP contribution in [0.1, 0.15) is 39.7 Å². The average molecular weight is 318 g/mol. The highest BCUT2D eigenvalue weighted by Gasteiger charge is 2.32. The zero-order chi connectivity index (χ0) is 17.0. The van der Waals surface area contributed by atoms with Crippen molar-refractivity contribution >= 4 is 12.0 Å². The Bertz CT molecular complexity index is 551. The number of rotatable bonds is 5. The SMILES string of the molecule is C[C@@H]1C[C@H](C)CN(C(C)(C)CNC(=O)/C=C/c2cnn(C)c2)C1. The first-order chi connectivity index (χ1) is 10.8. The molecule has 1 saturated heterocycles. The Morgan fingerprint density at radius 2 is 2.04 bits per heavy atom. The summed E-state index contributed by atoms with van der Waals surface area (Å²) < 4.78 is 1.72. The van der Waals surface area contributed by atoms with Gasteiger partial charge in [-0.25, -0.2) is 0 Å². The summed E-state index contributed by atoms with van der Waals surface area (Å²) in [5, 5.41) is 7.11. The van der Waals surface area contributed by atoms with E-state index in [1.54, 1.807) is 23.0 Å². The summed E-state index contributed by atoms with van der Waals surface area (Å²) in [6.07, 6.45) is 8.29. The number of aromatic nitrogens is 2. The third kappa shape index (κ3) is 5.20. The molecule has 2 rings (SSSR count). The molecule has 0 spiro atoms. The molecule has 1 aromatic heterocycles. The summed E-state index contributed by atoms with van der Waals surface area (Å²) >= 11 is 0. The van der Waals surface area contributed by atoms with Crippen LogP contribution in [0.2, 0.25) is 0 Å². The standard InChI is InChI=1S/C18H30N4O/c1-14-8-15(2)11-22(10-14)18(3,4)13-19-17(23)7-6-16-9-20-21(5)12-16/h6-7,9,12,14-15H,8,10-11,13H2,1-5H3,(H,19,23)/b7-6+/t14-,15+. The fourth-order valence-corrected chi connectivity index (χ4v) is 3.33. The number of likely N-dealkylation sites (tertiary alicyclic amines) is 1. The summed E-state index contributed by atoms with van der Waals surface area (Å²) in [4.78, 5) is 14.5. The summed E-state index contributed by atoms with van der Waals surface area (Å²) in [6, 6.07) is 0. The second-order valence-electron chi connectivity index (χ2n) is 7.66. The highest BCUT2D eigenvalue weighted by molar-refractivity contribution is 5.91. The second kappa shape index (κ2) is 7.30. The van der Waals surface area contributed by atoms with Gasteiger partial charge in [-0.1, -0.05) is 13.8 Å². The molecule has 0 unspecified atom stereocenters. The number of hydrogen-bond acceptors (Lipinski definition) is 3. The summed E-state index contributed by atoms with van der Waals surface area (Å²) in [6.45, 7) is 11.9. The molecule has 1 aliphatic rings. The molecule has 0 aliphatic carbocycles. The van der Waals surface area contributed by atoms with Crippen LogP contribution in [0.4, 0.5) is 0 Å². The van der Waals surface area contributed by atoms with E-state index >= 15 is 0 Å². The number of hydrogen-bond donors (Lipinski definition) is 1. The van der Waals surface area contributed by atoms with Gasteiger partial charge >= 0.3 is 0 Å². The van der Waals surface area contributed by atoms with E-state index in [2.05, 4.69) is 43.0 Å². The van der Waals surface area contributed by atoms with Crippen molar-refractivity contribution in [1.82, 2.24) is 20.0 Å². The van der Waals surface area contributed by atoms with Crippen molar-refractivity contribution in [1.29, 1.82) is 0 Å². The molecule has 5 nitrogen and oxygen atoms in total. The van der Waals surface area contributed by atoms with Crippen LogP contribution in [-0.2, 0) is 11.8 Å². The lowest BCUT2D eigenvalue weighted by Gasteiger charge is -2.45. The fraction of sp³-hybridized carbons (Fsp3) is 0.667. The fourth-order valence-electron chi connectivity index (χ4n) is 3.33. The molecule has 1 aromatic rings. The number of piperidine rings is 1. The van der Waals surface area contributed by atoms with Gasteiger partial charge in [-0.15, -0.1) is 0 Å². The predicted molar refractivity (Wildman–Crippen MR) is 93.8 cm³/mol. The van der Waals surface area contributed by atoms with Crippen molar-refractivity contribution in [2.24, 2.45) is 18.9 Å². The minimum atomic E-state index is -0.0555. The number of aryl methyl sites for hydroxylation is 1. The highest BCUT2D eigenvalue weighted by Crippen LogP contribution is 2.26. The van der Waals surface area contributed by atoms with Crippen molar-refractivity contribution in [3.8, 4) is 0 Å². The van der Waals surface area contributed by atoms with Crippen LogP contribution >= 0.6 is 0 Å². The Kier molecular flexibility index (Phi) is 5.63. The first-order valence-electron chi connectivity index (χ1n) is 8.46. The second-order valence-corrected chi connectivity index (χ2v) is 7.66. The minimum Gasteiger partial charge on any atom is -0.351 e. The van der Waals surface area contributed by atoms with Gasteiger partial charge in [0, 0.05) is 50.1 Å². The Morgan fingerprint density at radius 3 is 2.61 bits per heavy atom. The van der Waals surface area contributed by atoms with Crippen LogP contribution < -0.4 is 5.32 Å². The predicted octanol–water partition coefficient (Wildman–Crippen LogP) is 2.31. The highest BCUT2D eigenvalue weighted by atomic mass is 16.1. The number of nitrogens with zero attached hydrogens (tertiary/aromatic N) is 3. The van der Waals surface area contributed by atoms with Gasteiger partial charge in [-0.2, -0.15) is 5.10 Å². The van der Waals surface area contributed by atoms with Gasteiger partial charge in [-0.05, 0) is 38.2 Å². The largest absolute Gasteiger partial charge is 0.351 e. The Morgan fingerprint density at radius 1 is 1.39 bits per heavy atom. The molecular formula is C18H30N4O. The molecule has 0 radical (unpaired) electrons. The topological polar surface area (TPSA) is 50.2 Å². The maximum atomic E-state index is 12.0. The summed E-state index contributed by atoms with van der Waals surface area (Å²) in [7, 11) is 1.86. The molecule has 2 atom stereocenters. The molecule has 128 valence electrons. The van der Waals surface area contributed by atoms with Crippen LogP contribution in [-0.4, -0.2) is 45.8 Å². The zero-order valence-electron chi connectivity index (χ0n) is 15.0. The van der Waals surface area contributed by atoms with Gasteiger partial charge in [0.2, 0.25) is 5.91 Å². The van der Waals surface area contributed by atoms with E-state index in [1.165, 1.54) is 6.42 Å². The van der Waals surface area contributed by atoms with Crippen LogP contribution in [0, 0.1) is 11.8 Å². The molecule has 1 fully saturated rings. The van der Waals surface area contributed by atoms with Crippen LogP contribution in [0.15, 0.2) is 18.5 Å². The van der Waals surface area contributed by atoms with E-state index in [9.17, 15) is 4.79 Å². The maximum absolute atomic E-state index is 12.0. The normalized spacial score (nSPS) is 23.3. The van der Waals surface area contributed by atoms with E-state index in [4.69, 9.17) is 0 Å². The van der Waals surface area contributed by atoms with E-state index in [-0.39, 0.29) is 11.4 Å². The Hall–Kier alpha value is -1.62. The number of carbonyl (C=O) groups excluding carboxylic acids is 1. The van der Waals surface area contributed by atoms with Gasteiger partial charge in [0.25, 0.3) is 0 Å². The maximum Gasteiger partial charge on any atom is 0.244 e. The van der Waals surface area contributed by atoms with Gasteiger partial charge in [0.1, 0.15) is 0 Å². The van der Waals surface area contributed by atoms with Gasteiger partial charge in [-0.3, -0.25) is 14.4 Å². The number of nitrogens with one attached hydrogen (secondary N) is 1. The van der Waals surface area contributed by atoms with Gasteiger partial charge in [0.05, 0.1) is 6.20 Å². The Labute approximate surface area is 139 Å². The molecule has 1 amide bonds. The van der Waals surface area contributed by atoms with Crippen molar-refractivity contribution in [2.75, 3.05) is 19.6 Å². The van der Waals surface area contributed by atoms with E-state index < -0.39 is 0 Å². The first-order valence-corrected chi connectivity index (χ1v) is 8.46. The molecule has 0 saturated carbocycles. The van der Waals surface area contributed by atoms with Crippen molar-refractivity contribution < 1.29 is 4.79 Å². The van der Waals surface area contributed by atoms with Crippen molar-refractivity contribution in [2.45, 2.75) is 39.7 Å². The van der Waals surface area contributed by atoms with Gasteiger partial charge < -0.3 is 5.32 Å². The quantitative estimate of drug-likeness (QED) is 0.848. The third-order valence-electron chi connectivity index (χ3n) is 4.57. The third-order valence-corrected chi connectivity index (χ3v) is 4.57.